The maximum atomic E-state index is 12.8. The van der Waals surface area contributed by atoms with E-state index >= 15 is 0 Å². The predicted octanol–water partition coefficient (Wildman–Crippen LogP) is 3.27. The van der Waals surface area contributed by atoms with Gasteiger partial charge in [0.25, 0.3) is 0 Å². The van der Waals surface area contributed by atoms with E-state index in [1.54, 1.807) is 48.5 Å². The number of nitrogens with one attached hydrogen (secondary N) is 1. The fraction of sp³-hybridized carbons (Fsp3) is 0.0870. The van der Waals surface area contributed by atoms with E-state index in [4.69, 9.17) is 21.4 Å². The molecule has 10 nitrogen and oxygen atoms in total. The zero-order chi connectivity index (χ0) is 24.2. The number of hydrogen-bond donors (Lipinski definition) is 2. The summed E-state index contributed by atoms with van der Waals surface area (Å²) < 4.78 is 7.87. The summed E-state index contributed by atoms with van der Waals surface area (Å²) >= 11 is 5.94. The van der Waals surface area contributed by atoms with Crippen LogP contribution in [0, 0.1) is 0 Å². The van der Waals surface area contributed by atoms with Crippen LogP contribution in [-0.4, -0.2) is 30.2 Å². The molecule has 2 aromatic carbocycles. The van der Waals surface area contributed by atoms with Crippen LogP contribution in [0.3, 0.4) is 0 Å². The Balaban J connectivity index is 1.58. The first-order valence-corrected chi connectivity index (χ1v) is 10.4. The summed E-state index contributed by atoms with van der Waals surface area (Å²) in [5.74, 6) is -0.537. The van der Waals surface area contributed by atoms with E-state index < -0.39 is 17.3 Å². The highest BCUT2D eigenvalue weighted by Gasteiger charge is 2.12. The molecule has 0 radical (unpaired) electrons. The van der Waals surface area contributed by atoms with Crippen LogP contribution in [0.2, 0.25) is 5.02 Å². The number of carboxylic acids is 1. The van der Waals surface area contributed by atoms with Crippen LogP contribution < -0.4 is 21.4 Å². The van der Waals surface area contributed by atoms with Crippen molar-refractivity contribution >= 4 is 29.2 Å². The molecule has 2 aromatic heterocycles. The van der Waals surface area contributed by atoms with E-state index in [1.807, 2.05) is 0 Å². The van der Waals surface area contributed by atoms with Gasteiger partial charge in [-0.25, -0.2) is 23.9 Å². The number of pyridine rings is 1. The lowest BCUT2D eigenvalue weighted by Crippen LogP contribution is -2.41. The molecule has 0 aliphatic rings. The van der Waals surface area contributed by atoms with Gasteiger partial charge in [-0.3, -0.25) is 4.57 Å². The smallest absolute Gasteiger partial charge is 0.354 e. The van der Waals surface area contributed by atoms with E-state index in [0.29, 0.717) is 16.5 Å². The molecule has 0 saturated carbocycles. The van der Waals surface area contributed by atoms with Crippen molar-refractivity contribution in [2.45, 2.75) is 6.54 Å². The summed E-state index contributed by atoms with van der Waals surface area (Å²) in [6, 6.07) is 18.0. The molecule has 0 unspecified atom stereocenters. The first-order valence-electron chi connectivity index (χ1n) is 9.98. The number of aromatic carboxylic acids is 1. The predicted molar refractivity (Wildman–Crippen MR) is 125 cm³/mol. The Hall–Kier alpha value is -4.44. The molecule has 4 aromatic rings. The Morgan fingerprint density at radius 3 is 2.41 bits per heavy atom. The molecule has 2 heterocycles. The molecule has 0 fully saturated rings. The van der Waals surface area contributed by atoms with Gasteiger partial charge in [0.1, 0.15) is 5.75 Å². The molecule has 0 atom stereocenters. The lowest BCUT2D eigenvalue weighted by molar-refractivity contribution is 0.0689. The van der Waals surface area contributed by atoms with E-state index in [1.165, 1.54) is 29.8 Å². The third-order valence-corrected chi connectivity index (χ3v) is 5.04. The van der Waals surface area contributed by atoms with Gasteiger partial charge in [0.15, 0.2) is 5.69 Å². The van der Waals surface area contributed by atoms with Crippen molar-refractivity contribution in [2.24, 2.45) is 7.05 Å². The zero-order valence-electron chi connectivity index (χ0n) is 17.8. The average Bonchev–Trinajstić information content (AvgIpc) is 2.83. The van der Waals surface area contributed by atoms with E-state index in [2.05, 4.69) is 15.3 Å². The van der Waals surface area contributed by atoms with Gasteiger partial charge in [-0.2, -0.15) is 4.98 Å². The zero-order valence-corrected chi connectivity index (χ0v) is 18.6. The van der Waals surface area contributed by atoms with Crippen molar-refractivity contribution in [3.8, 4) is 11.6 Å². The second kappa shape index (κ2) is 9.59. The van der Waals surface area contributed by atoms with Gasteiger partial charge in [0.2, 0.25) is 11.8 Å². The average molecular weight is 480 g/mol. The molecular formula is C23H18ClN5O5. The lowest BCUT2D eigenvalue weighted by Gasteiger charge is -2.14. The van der Waals surface area contributed by atoms with Crippen LogP contribution in [0.4, 0.5) is 11.6 Å². The normalized spacial score (nSPS) is 10.6. The Morgan fingerprint density at radius 1 is 1.03 bits per heavy atom. The Labute approximate surface area is 197 Å². The summed E-state index contributed by atoms with van der Waals surface area (Å²) in [5, 5.41) is 12.6. The Morgan fingerprint density at radius 2 is 1.74 bits per heavy atom. The molecule has 0 saturated heterocycles. The van der Waals surface area contributed by atoms with E-state index in [9.17, 15) is 14.4 Å². The largest absolute Gasteiger partial charge is 0.477 e. The van der Waals surface area contributed by atoms with Crippen LogP contribution in [0.1, 0.15) is 16.1 Å². The topological polar surface area (TPSA) is 128 Å². The number of rotatable bonds is 7. The third-order valence-electron chi connectivity index (χ3n) is 4.79. The molecule has 0 aliphatic heterocycles. The van der Waals surface area contributed by atoms with Crippen LogP contribution in [0.5, 0.6) is 11.6 Å². The van der Waals surface area contributed by atoms with Crippen LogP contribution >= 0.6 is 11.6 Å². The number of nitrogens with zero attached hydrogens (tertiary/aromatic N) is 4. The quantitative estimate of drug-likeness (QED) is 0.413. The van der Waals surface area contributed by atoms with Gasteiger partial charge < -0.3 is 15.2 Å². The molecule has 11 heteroatoms. The maximum Gasteiger partial charge on any atom is 0.354 e. The van der Waals surface area contributed by atoms with E-state index in [0.717, 1.165) is 10.1 Å². The number of anilines is 2. The van der Waals surface area contributed by atoms with Crippen molar-refractivity contribution in [1.29, 1.82) is 0 Å². The van der Waals surface area contributed by atoms with Gasteiger partial charge in [-0.05, 0) is 48.0 Å². The number of carbonyl (C=O) groups is 1. The fourth-order valence-electron chi connectivity index (χ4n) is 3.04. The molecule has 2 N–H and O–H groups in total. The van der Waals surface area contributed by atoms with Gasteiger partial charge >= 0.3 is 17.3 Å². The van der Waals surface area contributed by atoms with Gasteiger partial charge in [0, 0.05) is 23.8 Å². The standard InChI is InChI=1S/C23H18ClN5O5/c1-28-22(32)27-21(29(23(28)33)13-14-5-7-15(24)8-6-14)25-16-9-11-17(12-10-16)34-19-4-2-3-18(26-19)20(30)31/h2-12H,13H2,1H3,(H,30,31)(H,25,27,32). The summed E-state index contributed by atoms with van der Waals surface area (Å²) in [7, 11) is 1.36. The molecule has 0 aliphatic carbocycles. The molecule has 172 valence electrons. The number of carboxylic acid groups (broad SMARTS) is 1. The third kappa shape index (κ3) is 5.13. The summed E-state index contributed by atoms with van der Waals surface area (Å²) in [6.45, 7) is 0.173. The first kappa shape index (κ1) is 22.7. The van der Waals surface area contributed by atoms with Gasteiger partial charge in [0.05, 0.1) is 6.54 Å². The fourth-order valence-corrected chi connectivity index (χ4v) is 3.16. The highest BCUT2D eigenvalue weighted by Crippen LogP contribution is 2.23. The van der Waals surface area contributed by atoms with Crippen molar-refractivity contribution in [2.75, 3.05) is 5.32 Å². The van der Waals surface area contributed by atoms with Gasteiger partial charge in [-0.15, -0.1) is 0 Å². The molecule has 4 rings (SSSR count). The summed E-state index contributed by atoms with van der Waals surface area (Å²) in [5.41, 5.74) is -0.00314. The number of halogens is 1. The van der Waals surface area contributed by atoms with Gasteiger partial charge in [-0.1, -0.05) is 29.8 Å². The highest BCUT2D eigenvalue weighted by molar-refractivity contribution is 6.30. The molecule has 0 spiro atoms. The van der Waals surface area contributed by atoms with Crippen molar-refractivity contribution in [1.82, 2.24) is 19.1 Å². The highest BCUT2D eigenvalue weighted by atomic mass is 35.5. The van der Waals surface area contributed by atoms with Crippen molar-refractivity contribution in [3.05, 3.63) is 104 Å². The van der Waals surface area contributed by atoms with Crippen molar-refractivity contribution < 1.29 is 14.6 Å². The number of benzene rings is 2. The number of ether oxygens (including phenoxy) is 1. The molecule has 0 bridgehead atoms. The monoisotopic (exact) mass is 479 g/mol. The van der Waals surface area contributed by atoms with Crippen LogP contribution in [0.15, 0.2) is 76.3 Å². The number of hydrogen-bond acceptors (Lipinski definition) is 7. The molecule has 0 amide bonds. The Kier molecular flexibility index (Phi) is 6.42. The summed E-state index contributed by atoms with van der Waals surface area (Å²) in [4.78, 5) is 43.9. The first-order chi connectivity index (χ1) is 16.3. The minimum Gasteiger partial charge on any atom is -0.477 e. The SMILES string of the molecule is Cn1c(=O)nc(Nc2ccc(Oc3cccc(C(=O)O)n3)cc2)n(Cc2ccc(Cl)cc2)c1=O. The lowest BCUT2D eigenvalue weighted by atomic mass is 10.2. The Bertz CT molecular complexity index is 1460. The van der Waals surface area contributed by atoms with Crippen LogP contribution in [-0.2, 0) is 13.6 Å². The second-order valence-corrected chi connectivity index (χ2v) is 7.63. The minimum absolute atomic E-state index is 0.0764. The molecule has 34 heavy (non-hydrogen) atoms. The second-order valence-electron chi connectivity index (χ2n) is 7.19. The summed E-state index contributed by atoms with van der Waals surface area (Å²) in [6.07, 6.45) is 0. The maximum absolute atomic E-state index is 12.8. The number of aromatic nitrogens is 4. The van der Waals surface area contributed by atoms with Crippen molar-refractivity contribution in [3.63, 3.8) is 0 Å². The van der Waals surface area contributed by atoms with E-state index in [-0.39, 0.29) is 24.1 Å². The molecular weight excluding hydrogens is 462 g/mol. The minimum atomic E-state index is -1.16. The van der Waals surface area contributed by atoms with Crippen LogP contribution in [0.25, 0.3) is 0 Å².